The van der Waals surface area contributed by atoms with E-state index in [4.69, 9.17) is 5.11 Å². The maximum absolute atomic E-state index is 13.1. The zero-order valence-corrected chi connectivity index (χ0v) is 12.7. The summed E-state index contributed by atoms with van der Waals surface area (Å²) in [4.78, 5) is 23.0. The molecule has 2 rings (SSSR count). The van der Waals surface area contributed by atoms with Gasteiger partial charge in [-0.2, -0.15) is 0 Å². The molecule has 0 bridgehead atoms. The van der Waals surface area contributed by atoms with Crippen LogP contribution in [0.1, 0.15) is 38.2 Å². The Labute approximate surface area is 129 Å². The van der Waals surface area contributed by atoms with Gasteiger partial charge in [0, 0.05) is 12.0 Å². The summed E-state index contributed by atoms with van der Waals surface area (Å²) in [5, 5.41) is 11.9. The molecule has 0 radical (unpaired) electrons. The monoisotopic (exact) mass is 307 g/mol. The average Bonchev–Trinajstić information content (AvgIpc) is 2.93. The second-order valence-corrected chi connectivity index (χ2v) is 6.12. The number of hydrogen-bond acceptors (Lipinski definition) is 2. The minimum Gasteiger partial charge on any atom is -0.481 e. The number of carboxylic acids is 1. The van der Waals surface area contributed by atoms with Gasteiger partial charge in [-0.3, -0.25) is 9.59 Å². The van der Waals surface area contributed by atoms with Crippen LogP contribution in [-0.2, 0) is 16.0 Å². The van der Waals surface area contributed by atoms with Gasteiger partial charge in [0.1, 0.15) is 5.82 Å². The van der Waals surface area contributed by atoms with Gasteiger partial charge in [0.25, 0.3) is 0 Å². The number of aliphatic carboxylic acids is 1. The molecule has 1 aromatic rings. The SMILES string of the molecule is CC(CCc1cccc(F)c1)C(=O)N[C@@H]1CC[C@H](C(=O)O)C1. The summed E-state index contributed by atoms with van der Waals surface area (Å²) in [5.74, 6) is -1.61. The molecule has 1 aliphatic rings. The molecule has 120 valence electrons. The highest BCUT2D eigenvalue weighted by molar-refractivity contribution is 5.79. The number of carboxylic acid groups (broad SMARTS) is 1. The van der Waals surface area contributed by atoms with Crippen molar-refractivity contribution in [3.63, 3.8) is 0 Å². The van der Waals surface area contributed by atoms with E-state index in [1.807, 2.05) is 13.0 Å². The molecule has 0 aromatic heterocycles. The highest BCUT2D eigenvalue weighted by Crippen LogP contribution is 2.26. The quantitative estimate of drug-likeness (QED) is 0.849. The van der Waals surface area contributed by atoms with Gasteiger partial charge in [0.15, 0.2) is 0 Å². The molecule has 1 saturated carbocycles. The van der Waals surface area contributed by atoms with Crippen molar-refractivity contribution in [1.29, 1.82) is 0 Å². The zero-order valence-electron chi connectivity index (χ0n) is 12.7. The number of halogens is 1. The summed E-state index contributed by atoms with van der Waals surface area (Å²) >= 11 is 0. The van der Waals surface area contributed by atoms with E-state index in [9.17, 15) is 14.0 Å². The van der Waals surface area contributed by atoms with E-state index in [0.717, 1.165) is 12.0 Å². The molecule has 0 saturated heterocycles. The van der Waals surface area contributed by atoms with E-state index in [0.29, 0.717) is 25.7 Å². The minimum absolute atomic E-state index is 0.0368. The van der Waals surface area contributed by atoms with Crippen LogP contribution < -0.4 is 5.32 Å². The fourth-order valence-corrected chi connectivity index (χ4v) is 2.89. The predicted molar refractivity (Wildman–Crippen MR) is 80.8 cm³/mol. The van der Waals surface area contributed by atoms with Crippen LogP contribution >= 0.6 is 0 Å². The van der Waals surface area contributed by atoms with Crippen LogP contribution in [-0.4, -0.2) is 23.0 Å². The Morgan fingerprint density at radius 2 is 2.18 bits per heavy atom. The van der Waals surface area contributed by atoms with Crippen LogP contribution in [0.25, 0.3) is 0 Å². The lowest BCUT2D eigenvalue weighted by atomic mass is 10.00. The molecule has 5 heteroatoms. The standard InChI is InChI=1S/C17H22FNO3/c1-11(5-6-12-3-2-4-14(18)9-12)16(20)19-15-8-7-13(10-15)17(21)22/h2-4,9,11,13,15H,5-8,10H2,1H3,(H,19,20)(H,21,22)/t11?,13-,15+/m0/s1. The highest BCUT2D eigenvalue weighted by Gasteiger charge is 2.31. The Morgan fingerprint density at radius 3 is 2.82 bits per heavy atom. The minimum atomic E-state index is -0.782. The molecule has 4 nitrogen and oxygen atoms in total. The number of rotatable bonds is 6. The van der Waals surface area contributed by atoms with Gasteiger partial charge in [-0.05, 0) is 49.8 Å². The third-order valence-electron chi connectivity index (χ3n) is 4.33. The number of carbonyl (C=O) groups excluding carboxylic acids is 1. The second-order valence-electron chi connectivity index (χ2n) is 6.12. The molecule has 0 heterocycles. The number of hydrogen-bond donors (Lipinski definition) is 2. The van der Waals surface area contributed by atoms with E-state index in [2.05, 4.69) is 5.32 Å². The normalized spacial score (nSPS) is 22.3. The van der Waals surface area contributed by atoms with Crippen molar-refractivity contribution in [2.45, 2.75) is 45.1 Å². The Hall–Kier alpha value is -1.91. The summed E-state index contributed by atoms with van der Waals surface area (Å²) in [6, 6.07) is 6.37. The number of benzene rings is 1. The number of amides is 1. The van der Waals surface area contributed by atoms with Crippen molar-refractivity contribution in [2.24, 2.45) is 11.8 Å². The van der Waals surface area contributed by atoms with Gasteiger partial charge in [-0.25, -0.2) is 4.39 Å². The van der Waals surface area contributed by atoms with E-state index in [1.54, 1.807) is 6.07 Å². The topological polar surface area (TPSA) is 66.4 Å². The van der Waals surface area contributed by atoms with Crippen molar-refractivity contribution in [2.75, 3.05) is 0 Å². The molecule has 1 unspecified atom stereocenters. The van der Waals surface area contributed by atoms with E-state index in [-0.39, 0.29) is 29.6 Å². The van der Waals surface area contributed by atoms with E-state index in [1.165, 1.54) is 12.1 Å². The Kier molecular flexibility index (Phi) is 5.52. The molecule has 3 atom stereocenters. The smallest absolute Gasteiger partial charge is 0.306 e. The van der Waals surface area contributed by atoms with Crippen LogP contribution in [0.15, 0.2) is 24.3 Å². The summed E-state index contributed by atoms with van der Waals surface area (Å²) in [6.45, 7) is 1.85. The van der Waals surface area contributed by atoms with Gasteiger partial charge in [0.05, 0.1) is 5.92 Å². The van der Waals surface area contributed by atoms with Crippen LogP contribution in [0.2, 0.25) is 0 Å². The van der Waals surface area contributed by atoms with Crippen LogP contribution in [0, 0.1) is 17.7 Å². The molecule has 1 aliphatic carbocycles. The Balaban J connectivity index is 1.76. The van der Waals surface area contributed by atoms with Crippen LogP contribution in [0.3, 0.4) is 0 Å². The van der Waals surface area contributed by atoms with E-state index >= 15 is 0 Å². The number of aryl methyl sites for hydroxylation is 1. The third-order valence-corrected chi connectivity index (χ3v) is 4.33. The molecule has 0 spiro atoms. The first kappa shape index (κ1) is 16.5. The van der Waals surface area contributed by atoms with Crippen molar-refractivity contribution in [1.82, 2.24) is 5.32 Å². The van der Waals surface area contributed by atoms with Crippen molar-refractivity contribution in [3.05, 3.63) is 35.6 Å². The first-order valence-electron chi connectivity index (χ1n) is 7.73. The molecule has 1 fully saturated rings. The Morgan fingerprint density at radius 1 is 1.41 bits per heavy atom. The first-order valence-corrected chi connectivity index (χ1v) is 7.73. The van der Waals surface area contributed by atoms with Gasteiger partial charge in [0.2, 0.25) is 5.91 Å². The average molecular weight is 307 g/mol. The largest absolute Gasteiger partial charge is 0.481 e. The van der Waals surface area contributed by atoms with E-state index < -0.39 is 5.97 Å². The fourth-order valence-electron chi connectivity index (χ4n) is 2.89. The van der Waals surface area contributed by atoms with Crippen LogP contribution in [0.4, 0.5) is 4.39 Å². The van der Waals surface area contributed by atoms with Crippen molar-refractivity contribution < 1.29 is 19.1 Å². The molecule has 1 aromatic carbocycles. The summed E-state index contributed by atoms with van der Waals surface area (Å²) in [6.07, 6.45) is 3.15. The fraction of sp³-hybridized carbons (Fsp3) is 0.529. The molecule has 22 heavy (non-hydrogen) atoms. The zero-order chi connectivity index (χ0) is 16.1. The first-order chi connectivity index (χ1) is 10.5. The summed E-state index contributed by atoms with van der Waals surface area (Å²) in [7, 11) is 0. The van der Waals surface area contributed by atoms with Crippen molar-refractivity contribution >= 4 is 11.9 Å². The Bertz CT molecular complexity index is 546. The molecule has 2 N–H and O–H groups in total. The highest BCUT2D eigenvalue weighted by atomic mass is 19.1. The molecular formula is C17H22FNO3. The van der Waals surface area contributed by atoms with Gasteiger partial charge in [-0.1, -0.05) is 19.1 Å². The lowest BCUT2D eigenvalue weighted by Gasteiger charge is -2.17. The maximum atomic E-state index is 13.1. The summed E-state index contributed by atoms with van der Waals surface area (Å²) in [5.41, 5.74) is 0.881. The molecular weight excluding hydrogens is 285 g/mol. The third kappa shape index (κ3) is 4.55. The van der Waals surface area contributed by atoms with Crippen LogP contribution in [0.5, 0.6) is 0 Å². The number of nitrogens with one attached hydrogen (secondary N) is 1. The van der Waals surface area contributed by atoms with Gasteiger partial charge >= 0.3 is 5.97 Å². The van der Waals surface area contributed by atoms with Gasteiger partial charge < -0.3 is 10.4 Å². The maximum Gasteiger partial charge on any atom is 0.306 e. The van der Waals surface area contributed by atoms with Crippen molar-refractivity contribution in [3.8, 4) is 0 Å². The molecule has 0 aliphatic heterocycles. The summed E-state index contributed by atoms with van der Waals surface area (Å²) < 4.78 is 13.1. The second kappa shape index (κ2) is 7.38. The predicted octanol–water partition coefficient (Wildman–Crippen LogP) is 2.76. The molecule has 1 amide bonds. The lowest BCUT2D eigenvalue weighted by Crippen LogP contribution is -2.37. The van der Waals surface area contributed by atoms with Gasteiger partial charge in [-0.15, -0.1) is 0 Å². The number of carbonyl (C=O) groups is 2. The lowest BCUT2D eigenvalue weighted by molar-refractivity contribution is -0.141.